The molecule has 0 spiro atoms. The molecule has 1 aliphatic heterocycles. The zero-order valence-corrected chi connectivity index (χ0v) is 15.0. The number of hydrogen-bond acceptors (Lipinski definition) is 4. The zero-order valence-electron chi connectivity index (χ0n) is 15.0. The summed E-state index contributed by atoms with van der Waals surface area (Å²) >= 11 is 0. The number of carbonyl (C=O) groups is 1. The number of nitrogen functional groups attached to an aromatic ring is 1. The van der Waals surface area contributed by atoms with Crippen LogP contribution in [0.25, 0.3) is 10.9 Å². The highest BCUT2D eigenvalue weighted by atomic mass is 19.1. The van der Waals surface area contributed by atoms with Gasteiger partial charge in [0.15, 0.2) is 0 Å². The van der Waals surface area contributed by atoms with Gasteiger partial charge in [0.25, 0.3) is 0 Å². The van der Waals surface area contributed by atoms with E-state index in [9.17, 15) is 19.1 Å². The Morgan fingerprint density at radius 1 is 1.21 bits per heavy atom. The Morgan fingerprint density at radius 3 is 2.68 bits per heavy atom. The van der Waals surface area contributed by atoms with E-state index in [1.807, 2.05) is 23.1 Å². The van der Waals surface area contributed by atoms with E-state index in [0.29, 0.717) is 30.0 Å². The van der Waals surface area contributed by atoms with E-state index in [4.69, 9.17) is 5.73 Å². The second-order valence-corrected chi connectivity index (χ2v) is 7.48. The lowest BCUT2D eigenvalue weighted by Gasteiger charge is -2.21. The van der Waals surface area contributed by atoms with E-state index in [2.05, 4.69) is 0 Å². The fraction of sp³-hybridized carbons (Fsp3) is 0.238. The number of nitrogens with zero attached hydrogens (tertiary/aromatic N) is 2. The van der Waals surface area contributed by atoms with Gasteiger partial charge in [-0.3, -0.25) is 4.79 Å². The van der Waals surface area contributed by atoms with Crippen molar-refractivity contribution in [2.24, 2.45) is 0 Å². The van der Waals surface area contributed by atoms with Crippen LogP contribution in [0.1, 0.15) is 40.4 Å². The maximum atomic E-state index is 15.0. The van der Waals surface area contributed by atoms with Gasteiger partial charge in [-0.05, 0) is 42.2 Å². The Morgan fingerprint density at radius 2 is 2.00 bits per heavy atom. The summed E-state index contributed by atoms with van der Waals surface area (Å²) in [6.45, 7) is 1.02. The molecule has 3 aromatic rings. The van der Waals surface area contributed by atoms with Gasteiger partial charge in [-0.1, -0.05) is 12.1 Å². The molecule has 1 aliphatic carbocycles. The van der Waals surface area contributed by atoms with Crippen LogP contribution < -0.4 is 16.1 Å². The van der Waals surface area contributed by atoms with Crippen molar-refractivity contribution in [3.8, 4) is 0 Å². The first kappa shape index (κ1) is 16.8. The van der Waals surface area contributed by atoms with Crippen LogP contribution in [0.4, 0.5) is 15.8 Å². The number of nitrogens with two attached hydrogens (primary N) is 1. The Labute approximate surface area is 159 Å². The largest absolute Gasteiger partial charge is 0.477 e. The third-order valence-electron chi connectivity index (χ3n) is 5.63. The van der Waals surface area contributed by atoms with Gasteiger partial charge in [0.1, 0.15) is 11.4 Å². The summed E-state index contributed by atoms with van der Waals surface area (Å²) < 4.78 is 16.8. The second kappa shape index (κ2) is 5.82. The molecule has 0 radical (unpaired) electrons. The molecule has 142 valence electrons. The Balaban J connectivity index is 1.68. The molecule has 2 aliphatic rings. The van der Waals surface area contributed by atoms with Crippen LogP contribution in [0.5, 0.6) is 0 Å². The van der Waals surface area contributed by atoms with E-state index < -0.39 is 17.2 Å². The number of aromatic nitrogens is 1. The molecular weight excluding hydrogens is 361 g/mol. The average Bonchev–Trinajstić information content (AvgIpc) is 3.40. The van der Waals surface area contributed by atoms with Crippen molar-refractivity contribution in [3.05, 3.63) is 69.3 Å². The number of anilines is 2. The molecule has 1 aromatic heterocycles. The molecule has 7 heteroatoms. The molecule has 6 nitrogen and oxygen atoms in total. The normalized spacial score (nSPS) is 15.8. The van der Waals surface area contributed by atoms with Crippen LogP contribution in [0.3, 0.4) is 0 Å². The van der Waals surface area contributed by atoms with E-state index in [-0.39, 0.29) is 17.0 Å². The lowest BCUT2D eigenvalue weighted by Crippen LogP contribution is -2.21. The predicted molar refractivity (Wildman–Crippen MR) is 104 cm³/mol. The van der Waals surface area contributed by atoms with Crippen molar-refractivity contribution in [1.29, 1.82) is 0 Å². The molecule has 28 heavy (non-hydrogen) atoms. The molecule has 2 aromatic carbocycles. The number of aromatic carboxylic acids is 1. The fourth-order valence-electron chi connectivity index (χ4n) is 4.03. The minimum absolute atomic E-state index is 0.101. The summed E-state index contributed by atoms with van der Waals surface area (Å²) in [4.78, 5) is 25.9. The van der Waals surface area contributed by atoms with Gasteiger partial charge >= 0.3 is 5.97 Å². The molecule has 2 heterocycles. The number of rotatable bonds is 3. The van der Waals surface area contributed by atoms with Crippen LogP contribution in [0, 0.1) is 5.82 Å². The molecule has 0 atom stereocenters. The molecule has 5 rings (SSSR count). The van der Waals surface area contributed by atoms with Crippen molar-refractivity contribution in [2.45, 2.75) is 32.0 Å². The van der Waals surface area contributed by atoms with Crippen LogP contribution in [0.15, 0.2) is 41.3 Å². The molecule has 1 fully saturated rings. The Hall–Kier alpha value is -3.35. The van der Waals surface area contributed by atoms with Gasteiger partial charge in [-0.25, -0.2) is 9.18 Å². The van der Waals surface area contributed by atoms with Gasteiger partial charge in [0.2, 0.25) is 5.43 Å². The van der Waals surface area contributed by atoms with Gasteiger partial charge in [-0.2, -0.15) is 0 Å². The first-order valence-electron chi connectivity index (χ1n) is 9.17. The van der Waals surface area contributed by atoms with Gasteiger partial charge in [0, 0.05) is 36.4 Å². The molecule has 0 unspecified atom stereocenters. The first-order valence-corrected chi connectivity index (χ1v) is 9.17. The van der Waals surface area contributed by atoms with Crippen molar-refractivity contribution in [1.82, 2.24) is 4.57 Å². The van der Waals surface area contributed by atoms with Crippen molar-refractivity contribution in [2.75, 3.05) is 10.6 Å². The van der Waals surface area contributed by atoms with Crippen molar-refractivity contribution < 1.29 is 14.3 Å². The van der Waals surface area contributed by atoms with Gasteiger partial charge in [-0.15, -0.1) is 0 Å². The number of halogens is 1. The molecule has 0 saturated heterocycles. The van der Waals surface area contributed by atoms with E-state index >= 15 is 0 Å². The molecule has 0 bridgehead atoms. The van der Waals surface area contributed by atoms with Crippen LogP contribution >= 0.6 is 0 Å². The minimum Gasteiger partial charge on any atom is -0.477 e. The standard InChI is InChI=1S/C21H18FN3O3/c22-16-6-13-18(25(12-4-5-12)10-15(20(13)26)21(27)28)7-19(16)24-8-11-2-1-3-17(23)14(11)9-24/h1-3,6-7,10,12H,4-5,8-9,23H2,(H,27,28). The maximum absolute atomic E-state index is 15.0. The highest BCUT2D eigenvalue weighted by Gasteiger charge is 2.29. The van der Waals surface area contributed by atoms with Crippen LogP contribution in [-0.4, -0.2) is 15.6 Å². The topological polar surface area (TPSA) is 88.6 Å². The number of pyridine rings is 1. The number of carboxylic acids is 1. The number of benzene rings is 2. The quantitative estimate of drug-likeness (QED) is 0.682. The first-order chi connectivity index (χ1) is 13.4. The Bertz CT molecular complexity index is 1210. The number of carboxylic acid groups (broad SMARTS) is 1. The van der Waals surface area contributed by atoms with Crippen molar-refractivity contribution in [3.63, 3.8) is 0 Å². The summed E-state index contributed by atoms with van der Waals surface area (Å²) in [5.74, 6) is -1.84. The molecular formula is C21H18FN3O3. The Kier molecular flexibility index (Phi) is 3.49. The second-order valence-electron chi connectivity index (χ2n) is 7.48. The minimum atomic E-state index is -1.30. The third kappa shape index (κ3) is 2.46. The van der Waals surface area contributed by atoms with E-state index in [1.165, 1.54) is 12.3 Å². The number of fused-ring (bicyclic) bond motifs is 2. The maximum Gasteiger partial charge on any atom is 0.341 e. The van der Waals surface area contributed by atoms with Crippen molar-refractivity contribution >= 4 is 28.2 Å². The number of hydrogen-bond donors (Lipinski definition) is 2. The average molecular weight is 379 g/mol. The summed E-state index contributed by atoms with van der Waals surface area (Å²) in [5, 5.41) is 9.45. The molecule has 0 amide bonds. The summed E-state index contributed by atoms with van der Waals surface area (Å²) in [6.07, 6.45) is 3.22. The molecule has 3 N–H and O–H groups in total. The highest BCUT2D eigenvalue weighted by molar-refractivity contribution is 5.93. The van der Waals surface area contributed by atoms with Gasteiger partial charge < -0.3 is 20.3 Å². The molecule has 1 saturated carbocycles. The lowest BCUT2D eigenvalue weighted by molar-refractivity contribution is 0.0695. The lowest BCUT2D eigenvalue weighted by atomic mass is 10.1. The summed E-state index contributed by atoms with van der Waals surface area (Å²) in [5.41, 5.74) is 8.76. The smallest absolute Gasteiger partial charge is 0.341 e. The monoisotopic (exact) mass is 379 g/mol. The van der Waals surface area contributed by atoms with E-state index in [1.54, 1.807) is 10.6 Å². The van der Waals surface area contributed by atoms with Crippen LogP contribution in [-0.2, 0) is 13.1 Å². The SMILES string of the molecule is Nc1cccc2c1CN(c1cc3c(cc1F)c(=O)c(C(=O)O)cn3C1CC1)C2. The predicted octanol–water partition coefficient (Wildman–Crippen LogP) is 3.28. The fourth-order valence-corrected chi connectivity index (χ4v) is 4.03. The zero-order chi connectivity index (χ0) is 19.6. The highest BCUT2D eigenvalue weighted by Crippen LogP contribution is 2.39. The third-order valence-corrected chi connectivity index (χ3v) is 5.63. The summed E-state index contributed by atoms with van der Waals surface area (Å²) in [6, 6.07) is 8.67. The summed E-state index contributed by atoms with van der Waals surface area (Å²) in [7, 11) is 0. The van der Waals surface area contributed by atoms with Gasteiger partial charge in [0.05, 0.1) is 11.2 Å². The van der Waals surface area contributed by atoms with E-state index in [0.717, 1.165) is 24.0 Å². The van der Waals surface area contributed by atoms with Crippen LogP contribution in [0.2, 0.25) is 0 Å².